The third-order valence-electron chi connectivity index (χ3n) is 7.06. The predicted octanol–water partition coefficient (Wildman–Crippen LogP) is 1.98. The van der Waals surface area contributed by atoms with Gasteiger partial charge in [-0.1, -0.05) is 40.0 Å². The Morgan fingerprint density at radius 1 is 0.950 bits per heavy atom. The second kappa shape index (κ2) is 21.7. The van der Waals surface area contributed by atoms with E-state index in [0.29, 0.717) is 32.2 Å². The number of aldehydes is 2. The second-order valence-electron chi connectivity index (χ2n) is 10.1. The molecule has 4 amide bonds. The summed E-state index contributed by atoms with van der Waals surface area (Å²) >= 11 is 0. The Morgan fingerprint density at radius 2 is 1.65 bits per heavy atom. The van der Waals surface area contributed by atoms with E-state index >= 15 is 0 Å². The molecule has 11 heteroatoms. The molecule has 0 saturated heterocycles. The van der Waals surface area contributed by atoms with Gasteiger partial charge >= 0.3 is 0 Å². The molecule has 0 aliphatic carbocycles. The number of hydrogen-bond acceptors (Lipinski definition) is 7. The SMILES string of the molecule is CCCCN(CC(=O)NCC(=O)N(C)C(C(C)CC)C(CC=O)OC)C(=O)CCCCCN(C)C(=O)/C=C\C=O. The summed E-state index contributed by atoms with van der Waals surface area (Å²) in [6.45, 7) is 6.62. The lowest BCUT2D eigenvalue weighted by Crippen LogP contribution is -2.52. The first-order valence-corrected chi connectivity index (χ1v) is 14.2. The molecule has 3 unspecified atom stereocenters. The molecular weight excluding hydrogens is 516 g/mol. The van der Waals surface area contributed by atoms with E-state index in [1.165, 1.54) is 27.9 Å². The maximum Gasteiger partial charge on any atom is 0.246 e. The van der Waals surface area contributed by atoms with Crippen LogP contribution in [0, 0.1) is 5.92 Å². The van der Waals surface area contributed by atoms with Crippen molar-refractivity contribution in [3.8, 4) is 0 Å². The average Bonchev–Trinajstić information content (AvgIpc) is 2.95. The van der Waals surface area contributed by atoms with Gasteiger partial charge in [0, 0.05) is 53.2 Å². The van der Waals surface area contributed by atoms with E-state index in [9.17, 15) is 28.8 Å². The van der Waals surface area contributed by atoms with E-state index in [4.69, 9.17) is 4.74 Å². The van der Waals surface area contributed by atoms with Crippen molar-refractivity contribution in [2.75, 3.05) is 47.4 Å². The van der Waals surface area contributed by atoms with Crippen molar-refractivity contribution in [3.05, 3.63) is 12.2 Å². The summed E-state index contributed by atoms with van der Waals surface area (Å²) in [4.78, 5) is 76.3. The molecule has 228 valence electrons. The molecule has 40 heavy (non-hydrogen) atoms. The fourth-order valence-corrected chi connectivity index (χ4v) is 4.36. The number of ether oxygens (including phenoxy) is 1. The molecule has 0 aromatic carbocycles. The molecule has 0 spiro atoms. The Kier molecular flexibility index (Phi) is 20.0. The third-order valence-corrected chi connectivity index (χ3v) is 7.06. The Hall–Kier alpha value is -3.08. The van der Waals surface area contributed by atoms with Crippen LogP contribution in [0.5, 0.6) is 0 Å². The minimum Gasteiger partial charge on any atom is -0.379 e. The monoisotopic (exact) mass is 566 g/mol. The second-order valence-corrected chi connectivity index (χ2v) is 10.1. The lowest BCUT2D eigenvalue weighted by atomic mass is 9.91. The summed E-state index contributed by atoms with van der Waals surface area (Å²) in [7, 11) is 4.82. The maximum atomic E-state index is 12.9. The Bertz CT molecular complexity index is 833. The van der Waals surface area contributed by atoms with E-state index in [1.807, 2.05) is 20.8 Å². The first-order chi connectivity index (χ1) is 19.1. The number of hydrogen-bond donors (Lipinski definition) is 1. The van der Waals surface area contributed by atoms with Crippen LogP contribution in [0.2, 0.25) is 0 Å². The van der Waals surface area contributed by atoms with Crippen LogP contribution in [0.4, 0.5) is 0 Å². The highest BCUT2D eigenvalue weighted by atomic mass is 16.5. The number of rotatable bonds is 22. The minimum absolute atomic E-state index is 0.0805. The topological polar surface area (TPSA) is 133 Å². The van der Waals surface area contributed by atoms with Crippen molar-refractivity contribution < 1.29 is 33.5 Å². The lowest BCUT2D eigenvalue weighted by molar-refractivity contribution is -0.139. The van der Waals surface area contributed by atoms with Gasteiger partial charge in [0.05, 0.1) is 25.2 Å². The van der Waals surface area contributed by atoms with Gasteiger partial charge in [0.1, 0.15) is 12.6 Å². The smallest absolute Gasteiger partial charge is 0.246 e. The van der Waals surface area contributed by atoms with Gasteiger partial charge in [0.25, 0.3) is 0 Å². The van der Waals surface area contributed by atoms with E-state index < -0.39 is 12.0 Å². The quantitative estimate of drug-likeness (QED) is 0.120. The molecule has 0 rings (SSSR count). The molecule has 1 N–H and O–H groups in total. The molecule has 0 radical (unpaired) electrons. The molecule has 0 aliphatic heterocycles. The number of carbonyl (C=O) groups is 6. The van der Waals surface area contributed by atoms with Crippen molar-refractivity contribution >= 4 is 36.2 Å². The van der Waals surface area contributed by atoms with Crippen LogP contribution in [-0.2, 0) is 33.5 Å². The van der Waals surface area contributed by atoms with Gasteiger partial charge in [-0.3, -0.25) is 24.0 Å². The number of amides is 4. The molecule has 0 aromatic rings. The van der Waals surface area contributed by atoms with E-state index in [-0.39, 0.29) is 55.6 Å². The van der Waals surface area contributed by atoms with E-state index in [0.717, 1.165) is 38.0 Å². The standard InChI is InChI=1S/C29H50N4O7/c1-7-9-18-33(27(38)14-11-10-12-17-31(4)26(37)15-13-19-34)22-25(36)30-21-28(39)32(5)29(23(3)8-2)24(40-6)16-20-35/h13,15,19-20,23-24,29H,7-12,14,16-18,21-22H2,1-6H3,(H,30,36)/b15-13-. The number of carbonyl (C=O) groups excluding carboxylic acids is 6. The Balaban J connectivity index is 4.87. The van der Waals surface area contributed by atoms with Crippen LogP contribution >= 0.6 is 0 Å². The minimum atomic E-state index is -0.445. The molecule has 0 aliphatic rings. The summed E-state index contributed by atoms with van der Waals surface area (Å²) in [5.74, 6) is -1.01. The van der Waals surface area contributed by atoms with Crippen molar-refractivity contribution in [2.24, 2.45) is 5.92 Å². The highest BCUT2D eigenvalue weighted by Crippen LogP contribution is 2.21. The van der Waals surface area contributed by atoms with E-state index in [1.54, 1.807) is 14.1 Å². The van der Waals surface area contributed by atoms with Gasteiger partial charge in [0.15, 0.2) is 0 Å². The normalized spacial score (nSPS) is 13.2. The molecule has 0 bridgehead atoms. The summed E-state index contributed by atoms with van der Waals surface area (Å²) < 4.78 is 5.48. The molecule has 0 fully saturated rings. The Labute approximate surface area is 239 Å². The molecule has 11 nitrogen and oxygen atoms in total. The Morgan fingerprint density at radius 3 is 2.23 bits per heavy atom. The molecule has 0 heterocycles. The number of allylic oxidation sites excluding steroid dienone is 1. The lowest BCUT2D eigenvalue weighted by Gasteiger charge is -2.37. The largest absolute Gasteiger partial charge is 0.379 e. The van der Waals surface area contributed by atoms with Crippen LogP contribution in [0.15, 0.2) is 12.2 Å². The van der Waals surface area contributed by atoms with Crippen LogP contribution in [0.1, 0.15) is 72.1 Å². The predicted molar refractivity (Wildman–Crippen MR) is 153 cm³/mol. The van der Waals surface area contributed by atoms with Crippen LogP contribution in [0.3, 0.4) is 0 Å². The zero-order valence-electron chi connectivity index (χ0n) is 25.2. The van der Waals surface area contributed by atoms with Gasteiger partial charge in [-0.25, -0.2) is 0 Å². The molecular formula is C29H50N4O7. The third kappa shape index (κ3) is 14.3. The number of nitrogens with zero attached hydrogens (tertiary/aromatic N) is 3. The number of methoxy groups -OCH3 is 1. The summed E-state index contributed by atoms with van der Waals surface area (Å²) in [6.07, 6.45) is 8.19. The number of nitrogens with one attached hydrogen (secondary N) is 1. The van der Waals surface area contributed by atoms with Crippen LogP contribution in [-0.4, -0.2) is 110 Å². The van der Waals surface area contributed by atoms with Crippen LogP contribution < -0.4 is 5.32 Å². The van der Waals surface area contributed by atoms with Gasteiger partial charge in [-0.05, 0) is 31.3 Å². The summed E-state index contributed by atoms with van der Waals surface area (Å²) in [6, 6.07) is -0.321. The zero-order valence-corrected chi connectivity index (χ0v) is 25.2. The molecule has 0 aromatic heterocycles. The zero-order chi connectivity index (χ0) is 30.5. The van der Waals surface area contributed by atoms with Crippen molar-refractivity contribution in [1.82, 2.24) is 20.0 Å². The first kappa shape index (κ1) is 36.9. The van der Waals surface area contributed by atoms with Crippen LogP contribution in [0.25, 0.3) is 0 Å². The number of unbranched alkanes of at least 4 members (excludes halogenated alkanes) is 3. The molecule has 0 saturated carbocycles. The van der Waals surface area contributed by atoms with Gasteiger partial charge < -0.3 is 29.5 Å². The van der Waals surface area contributed by atoms with Crippen molar-refractivity contribution in [2.45, 2.75) is 84.3 Å². The van der Waals surface area contributed by atoms with Gasteiger partial charge in [0.2, 0.25) is 23.6 Å². The van der Waals surface area contributed by atoms with E-state index in [2.05, 4.69) is 5.32 Å². The first-order valence-electron chi connectivity index (χ1n) is 14.2. The molecule has 3 atom stereocenters. The fraction of sp³-hybridized carbons (Fsp3) is 0.724. The summed E-state index contributed by atoms with van der Waals surface area (Å²) in [5.41, 5.74) is 0. The van der Waals surface area contributed by atoms with Crippen molar-refractivity contribution in [1.29, 1.82) is 0 Å². The highest BCUT2D eigenvalue weighted by molar-refractivity contribution is 5.90. The summed E-state index contributed by atoms with van der Waals surface area (Å²) in [5, 5.41) is 2.64. The highest BCUT2D eigenvalue weighted by Gasteiger charge is 2.32. The number of likely N-dealkylation sites (N-methyl/N-ethyl adjacent to an activating group) is 2. The maximum absolute atomic E-state index is 12.9. The van der Waals surface area contributed by atoms with Gasteiger partial charge in [-0.2, -0.15) is 0 Å². The van der Waals surface area contributed by atoms with Crippen molar-refractivity contribution in [3.63, 3.8) is 0 Å². The average molecular weight is 567 g/mol. The fourth-order valence-electron chi connectivity index (χ4n) is 4.36. The van der Waals surface area contributed by atoms with Gasteiger partial charge in [-0.15, -0.1) is 0 Å².